The van der Waals surface area contributed by atoms with Gasteiger partial charge in [-0.2, -0.15) is 14.8 Å². The molecule has 0 atom stereocenters. The lowest BCUT2D eigenvalue weighted by molar-refractivity contribution is 0.160. The molecule has 8 heteroatoms. The first-order valence-corrected chi connectivity index (χ1v) is 9.71. The summed E-state index contributed by atoms with van der Waals surface area (Å²) in [5.74, 6) is 1.01. The van der Waals surface area contributed by atoms with Crippen LogP contribution in [0.5, 0.6) is 0 Å². The van der Waals surface area contributed by atoms with Gasteiger partial charge in [0.1, 0.15) is 11.3 Å². The average molecular weight is 408 g/mol. The highest BCUT2D eigenvalue weighted by Gasteiger charge is 2.27. The van der Waals surface area contributed by atoms with Gasteiger partial charge in [-0.15, -0.1) is 12.4 Å². The highest BCUT2D eigenvalue weighted by atomic mass is 35.5. The van der Waals surface area contributed by atoms with E-state index < -0.39 is 0 Å². The molecule has 1 aromatic carbocycles. The summed E-state index contributed by atoms with van der Waals surface area (Å²) in [6.45, 7) is 10.6. The van der Waals surface area contributed by atoms with Crippen LogP contribution in [-0.2, 0) is 0 Å². The number of aromatic nitrogens is 4. The summed E-state index contributed by atoms with van der Waals surface area (Å²) in [7, 11) is 0. The van der Waals surface area contributed by atoms with Crippen LogP contribution in [0.1, 0.15) is 64.0 Å². The van der Waals surface area contributed by atoms with Gasteiger partial charge in [-0.25, -0.2) is 4.39 Å². The van der Waals surface area contributed by atoms with Crippen molar-refractivity contribution in [2.75, 3.05) is 13.1 Å². The zero-order valence-electron chi connectivity index (χ0n) is 16.7. The quantitative estimate of drug-likeness (QED) is 0.628. The molecule has 3 aromatic rings. The maximum absolute atomic E-state index is 14.5. The van der Waals surface area contributed by atoms with Crippen molar-refractivity contribution >= 4 is 23.3 Å². The van der Waals surface area contributed by atoms with Gasteiger partial charge in [0, 0.05) is 17.3 Å². The van der Waals surface area contributed by atoms with Crippen LogP contribution < -0.4 is 0 Å². The fourth-order valence-corrected chi connectivity index (χ4v) is 3.86. The molecule has 1 aliphatic rings. The van der Waals surface area contributed by atoms with E-state index >= 15 is 0 Å². The Morgan fingerprint density at radius 2 is 1.86 bits per heavy atom. The van der Waals surface area contributed by atoms with Gasteiger partial charge in [0.05, 0.1) is 5.69 Å². The molecule has 4 rings (SSSR count). The summed E-state index contributed by atoms with van der Waals surface area (Å²) < 4.78 is 21.6. The highest BCUT2D eigenvalue weighted by Crippen LogP contribution is 2.31. The maximum atomic E-state index is 14.5. The number of hydrogen-bond acceptors (Lipinski definition) is 5. The number of nitrogens with zero attached hydrogens (tertiary/aromatic N) is 5. The van der Waals surface area contributed by atoms with Gasteiger partial charge in [0.2, 0.25) is 5.89 Å². The summed E-state index contributed by atoms with van der Waals surface area (Å²) >= 11 is 0. The van der Waals surface area contributed by atoms with Crippen molar-refractivity contribution in [3.05, 3.63) is 35.6 Å². The predicted octanol–water partition coefficient (Wildman–Crippen LogP) is 4.68. The molecule has 0 radical (unpaired) electrons. The lowest BCUT2D eigenvalue weighted by atomic mass is 9.96. The molecule has 1 aliphatic heterocycles. The Labute approximate surface area is 170 Å². The van der Waals surface area contributed by atoms with E-state index in [0.717, 1.165) is 37.0 Å². The number of rotatable bonds is 4. The van der Waals surface area contributed by atoms with Crippen LogP contribution in [0.3, 0.4) is 0 Å². The third-order valence-electron chi connectivity index (χ3n) is 5.46. The second-order valence-electron chi connectivity index (χ2n) is 7.92. The molecular formula is C20H27ClFN5O. The van der Waals surface area contributed by atoms with Gasteiger partial charge in [0.15, 0.2) is 0 Å². The Balaban J connectivity index is 0.00000225. The summed E-state index contributed by atoms with van der Waals surface area (Å²) in [5.41, 5.74) is 1.24. The van der Waals surface area contributed by atoms with E-state index in [-0.39, 0.29) is 30.1 Å². The third kappa shape index (κ3) is 3.65. The van der Waals surface area contributed by atoms with E-state index in [1.807, 2.05) is 19.9 Å². The van der Waals surface area contributed by atoms with Crippen LogP contribution >= 0.6 is 12.4 Å². The minimum absolute atomic E-state index is 0. The fraction of sp³-hybridized carbons (Fsp3) is 0.550. The maximum Gasteiger partial charge on any atom is 0.291 e. The third-order valence-corrected chi connectivity index (χ3v) is 5.46. The number of hydrogen-bond donors (Lipinski definition) is 0. The number of likely N-dealkylation sites (tertiary alicyclic amines) is 1. The highest BCUT2D eigenvalue weighted by molar-refractivity contribution is 5.85. The molecule has 0 spiro atoms. The molecule has 0 amide bonds. The summed E-state index contributed by atoms with van der Waals surface area (Å²) in [6.07, 6.45) is 1.98. The molecule has 6 nitrogen and oxygen atoms in total. The smallest absolute Gasteiger partial charge is 0.291 e. The number of halogens is 2. The first kappa shape index (κ1) is 20.7. The van der Waals surface area contributed by atoms with Gasteiger partial charge in [-0.3, -0.25) is 0 Å². The zero-order chi connectivity index (χ0) is 19.1. The SMILES string of the molecule is CC(C)c1nn(-c2noc(C3CCN(C(C)C)CC3)n2)c2c(F)cccc12.Cl. The predicted molar refractivity (Wildman–Crippen MR) is 109 cm³/mol. The summed E-state index contributed by atoms with van der Waals surface area (Å²) in [5, 5.41) is 9.50. The van der Waals surface area contributed by atoms with Gasteiger partial charge < -0.3 is 9.42 Å². The average Bonchev–Trinajstić information content (AvgIpc) is 3.27. The van der Waals surface area contributed by atoms with E-state index in [1.54, 1.807) is 6.07 Å². The lowest BCUT2D eigenvalue weighted by Gasteiger charge is -2.33. The molecule has 0 saturated carbocycles. The van der Waals surface area contributed by atoms with Crippen LogP contribution in [0, 0.1) is 5.82 Å². The molecular weight excluding hydrogens is 381 g/mol. The second-order valence-corrected chi connectivity index (χ2v) is 7.92. The molecule has 3 heterocycles. The fourth-order valence-electron chi connectivity index (χ4n) is 3.86. The second kappa shape index (κ2) is 8.17. The van der Waals surface area contributed by atoms with Crippen molar-refractivity contribution in [2.45, 2.75) is 58.4 Å². The van der Waals surface area contributed by atoms with E-state index in [2.05, 4.69) is 34.0 Å². The Hall–Kier alpha value is -1.99. The number of benzene rings is 1. The molecule has 0 bridgehead atoms. The van der Waals surface area contributed by atoms with Crippen molar-refractivity contribution in [3.8, 4) is 5.95 Å². The van der Waals surface area contributed by atoms with Crippen molar-refractivity contribution in [3.63, 3.8) is 0 Å². The molecule has 0 unspecified atom stereocenters. The molecule has 1 saturated heterocycles. The molecule has 1 fully saturated rings. The number of fused-ring (bicyclic) bond motifs is 1. The van der Waals surface area contributed by atoms with Crippen molar-refractivity contribution < 1.29 is 8.91 Å². The largest absolute Gasteiger partial charge is 0.337 e. The van der Waals surface area contributed by atoms with Gasteiger partial charge in [-0.1, -0.05) is 26.0 Å². The topological polar surface area (TPSA) is 60.0 Å². The van der Waals surface area contributed by atoms with Crippen LogP contribution in [-0.4, -0.2) is 44.0 Å². The monoisotopic (exact) mass is 407 g/mol. The minimum atomic E-state index is -0.330. The van der Waals surface area contributed by atoms with E-state index in [1.165, 1.54) is 10.7 Å². The molecule has 152 valence electrons. The molecule has 0 aliphatic carbocycles. The first-order chi connectivity index (χ1) is 13.0. The van der Waals surface area contributed by atoms with Crippen molar-refractivity contribution in [1.82, 2.24) is 24.8 Å². The molecule has 28 heavy (non-hydrogen) atoms. The zero-order valence-corrected chi connectivity index (χ0v) is 17.5. The van der Waals surface area contributed by atoms with Crippen molar-refractivity contribution in [1.29, 1.82) is 0 Å². The Morgan fingerprint density at radius 3 is 2.50 bits per heavy atom. The Kier molecular flexibility index (Phi) is 6.05. The number of para-hydroxylation sites is 1. The van der Waals surface area contributed by atoms with Crippen LogP contribution in [0.4, 0.5) is 4.39 Å². The van der Waals surface area contributed by atoms with Crippen LogP contribution in [0.25, 0.3) is 16.9 Å². The Morgan fingerprint density at radius 1 is 1.14 bits per heavy atom. The van der Waals surface area contributed by atoms with Crippen LogP contribution in [0.2, 0.25) is 0 Å². The molecule has 0 N–H and O–H groups in total. The van der Waals surface area contributed by atoms with Crippen molar-refractivity contribution in [2.24, 2.45) is 0 Å². The number of piperidine rings is 1. The Bertz CT molecular complexity index is 943. The normalized spacial score (nSPS) is 16.2. The van der Waals surface area contributed by atoms with Crippen LogP contribution in [0.15, 0.2) is 22.7 Å². The van der Waals surface area contributed by atoms with E-state index in [0.29, 0.717) is 23.4 Å². The van der Waals surface area contributed by atoms with Gasteiger partial charge >= 0.3 is 0 Å². The minimum Gasteiger partial charge on any atom is -0.337 e. The summed E-state index contributed by atoms with van der Waals surface area (Å²) in [6, 6.07) is 5.59. The van der Waals surface area contributed by atoms with E-state index in [4.69, 9.17) is 4.52 Å². The van der Waals surface area contributed by atoms with Gasteiger partial charge in [-0.05, 0) is 56.9 Å². The molecule has 2 aromatic heterocycles. The van der Waals surface area contributed by atoms with E-state index in [9.17, 15) is 4.39 Å². The standard InChI is InChI=1S/C20H26FN5O.ClH/c1-12(2)17-15-6-5-7-16(21)18(15)26(23-17)20-22-19(27-24-20)14-8-10-25(11-9-14)13(3)4;/h5-7,12-14H,8-11H2,1-4H3;1H. The lowest BCUT2D eigenvalue weighted by Crippen LogP contribution is -2.37. The first-order valence-electron chi connectivity index (χ1n) is 9.71. The summed E-state index contributed by atoms with van der Waals surface area (Å²) in [4.78, 5) is 7.03. The van der Waals surface area contributed by atoms with Gasteiger partial charge in [0.25, 0.3) is 5.95 Å².